The molecule has 1 aromatic heterocycles. The fourth-order valence-corrected chi connectivity index (χ4v) is 4.83. The van der Waals surface area contributed by atoms with Gasteiger partial charge < -0.3 is 5.32 Å². The summed E-state index contributed by atoms with van der Waals surface area (Å²) in [7, 11) is 0. The summed E-state index contributed by atoms with van der Waals surface area (Å²) in [6.45, 7) is 17.1. The first-order valence-electron chi connectivity index (χ1n) is 13.6. The minimum atomic E-state index is -2.62. The van der Waals surface area contributed by atoms with E-state index in [0.717, 1.165) is 44.7 Å². The number of likely N-dealkylation sites (tertiary alicyclic amines) is 1. The van der Waals surface area contributed by atoms with Crippen molar-refractivity contribution < 1.29 is 13.2 Å². The molecule has 3 aromatic rings. The topological polar surface area (TPSA) is 28.2 Å². The number of aromatic nitrogens is 1. The Morgan fingerprint density at radius 3 is 2.54 bits per heavy atom. The maximum Gasteiger partial charge on any atom is 0.261 e. The molecule has 0 bridgehead atoms. The maximum atomic E-state index is 14.0. The summed E-state index contributed by atoms with van der Waals surface area (Å²) < 4.78 is 41.3. The third-order valence-corrected chi connectivity index (χ3v) is 7.19. The Kier molecular flexibility index (Phi) is 9.46. The van der Waals surface area contributed by atoms with E-state index in [9.17, 15) is 13.2 Å². The fraction of sp³-hybridized carbons (Fsp3) is 0.229. The second-order valence-corrected chi connectivity index (χ2v) is 10.5. The van der Waals surface area contributed by atoms with Gasteiger partial charge in [-0.1, -0.05) is 67.8 Å². The van der Waals surface area contributed by atoms with Crippen LogP contribution in [0.25, 0.3) is 16.7 Å². The Morgan fingerprint density at radius 1 is 1.05 bits per heavy atom. The number of rotatable bonds is 11. The lowest BCUT2D eigenvalue weighted by Crippen LogP contribution is -2.24. The Bertz CT molecular complexity index is 1520. The van der Waals surface area contributed by atoms with Crippen molar-refractivity contribution in [3.8, 4) is 11.1 Å². The van der Waals surface area contributed by atoms with Gasteiger partial charge in [-0.25, -0.2) is 13.2 Å². The van der Waals surface area contributed by atoms with Gasteiger partial charge in [-0.2, -0.15) is 0 Å². The Balaban J connectivity index is 1.43. The Morgan fingerprint density at radius 2 is 1.83 bits per heavy atom. The van der Waals surface area contributed by atoms with E-state index in [-0.39, 0.29) is 18.8 Å². The number of allylic oxidation sites excluding steroid dienone is 5. The summed E-state index contributed by atoms with van der Waals surface area (Å²) in [5.41, 5.74) is 8.31. The van der Waals surface area contributed by atoms with Crippen LogP contribution in [-0.4, -0.2) is 28.9 Å². The maximum absolute atomic E-state index is 14.0. The van der Waals surface area contributed by atoms with Gasteiger partial charge >= 0.3 is 0 Å². The molecule has 0 aliphatic carbocycles. The molecule has 0 saturated carbocycles. The highest BCUT2D eigenvalue weighted by Crippen LogP contribution is 2.31. The zero-order valence-corrected chi connectivity index (χ0v) is 23.7. The number of pyridine rings is 1. The molecule has 0 unspecified atom stereocenters. The summed E-state index contributed by atoms with van der Waals surface area (Å²) in [6.07, 6.45) is 9.50. The molecule has 1 fully saturated rings. The van der Waals surface area contributed by atoms with E-state index < -0.39 is 5.92 Å². The lowest BCUT2D eigenvalue weighted by atomic mass is 9.94. The van der Waals surface area contributed by atoms with Crippen LogP contribution >= 0.6 is 0 Å². The number of hydrogen-bond donors (Lipinski definition) is 1. The van der Waals surface area contributed by atoms with Gasteiger partial charge in [-0.15, -0.1) is 0 Å². The number of alkyl halides is 2. The van der Waals surface area contributed by atoms with Gasteiger partial charge in [0.25, 0.3) is 5.92 Å². The minimum Gasteiger partial charge on any atom is -0.356 e. The third kappa shape index (κ3) is 7.95. The van der Waals surface area contributed by atoms with E-state index in [1.54, 1.807) is 29.4 Å². The van der Waals surface area contributed by atoms with Crippen LogP contribution in [0.3, 0.4) is 0 Å². The molecule has 212 valence electrons. The average molecular weight is 556 g/mol. The first-order chi connectivity index (χ1) is 19.5. The SMILES string of the molecule is C=C(/C=C\C(=C/C)NC(=C)C(=C)c1cc(-c2cncc(CN3CCC(F)(F)C3)c2)ccc1C)Cc1ccccc1F. The smallest absolute Gasteiger partial charge is 0.261 e. The van der Waals surface area contributed by atoms with Crippen LogP contribution in [0.5, 0.6) is 0 Å². The van der Waals surface area contributed by atoms with Crippen LogP contribution in [0.15, 0.2) is 116 Å². The normalized spacial score (nSPS) is 15.3. The van der Waals surface area contributed by atoms with Gasteiger partial charge in [0, 0.05) is 48.9 Å². The summed E-state index contributed by atoms with van der Waals surface area (Å²) >= 11 is 0. The number of halogens is 3. The molecule has 1 aliphatic heterocycles. The fourth-order valence-electron chi connectivity index (χ4n) is 4.83. The van der Waals surface area contributed by atoms with E-state index >= 15 is 0 Å². The molecule has 1 saturated heterocycles. The predicted octanol–water partition coefficient (Wildman–Crippen LogP) is 8.41. The van der Waals surface area contributed by atoms with Crippen molar-refractivity contribution in [3.05, 3.63) is 144 Å². The molecule has 41 heavy (non-hydrogen) atoms. The highest BCUT2D eigenvalue weighted by molar-refractivity contribution is 5.81. The predicted molar refractivity (Wildman–Crippen MR) is 163 cm³/mol. The standard InChI is InChI=1S/C35H36F3N3/c1-6-32(14-11-24(2)17-30-9-7-8-10-34(30)36)40-27(5)26(4)33-19-29(13-12-25(33)3)31-18-28(20-39-21-31)22-41-16-15-35(37,38)23-41/h6-14,18-21,40H,2,4-5,15-17,22-23H2,1,3H3/b14-11-,32-6+. The molecular weight excluding hydrogens is 519 g/mol. The molecule has 0 amide bonds. The molecule has 4 rings (SSSR count). The second-order valence-electron chi connectivity index (χ2n) is 10.5. The molecule has 3 nitrogen and oxygen atoms in total. The molecular formula is C35H36F3N3. The molecule has 0 atom stereocenters. The first-order valence-corrected chi connectivity index (χ1v) is 13.6. The number of benzene rings is 2. The lowest BCUT2D eigenvalue weighted by Gasteiger charge is -2.17. The van der Waals surface area contributed by atoms with Crippen LogP contribution in [0.4, 0.5) is 13.2 Å². The first kappa shape index (κ1) is 29.8. The summed E-state index contributed by atoms with van der Waals surface area (Å²) in [5.74, 6) is -2.86. The third-order valence-electron chi connectivity index (χ3n) is 7.19. The minimum absolute atomic E-state index is 0.103. The van der Waals surface area contributed by atoms with Gasteiger partial charge in [0.2, 0.25) is 0 Å². The van der Waals surface area contributed by atoms with Gasteiger partial charge in [-0.3, -0.25) is 9.88 Å². The molecule has 1 N–H and O–H groups in total. The van der Waals surface area contributed by atoms with E-state index in [1.807, 2.05) is 56.3 Å². The molecule has 2 heterocycles. The number of hydrogen-bond acceptors (Lipinski definition) is 3. The van der Waals surface area contributed by atoms with Crippen molar-refractivity contribution in [2.24, 2.45) is 0 Å². The lowest BCUT2D eigenvalue weighted by molar-refractivity contribution is 0.0115. The van der Waals surface area contributed by atoms with Crippen molar-refractivity contribution in [3.63, 3.8) is 0 Å². The van der Waals surface area contributed by atoms with Gasteiger partial charge in [-0.05, 0) is 77.9 Å². The quantitative estimate of drug-likeness (QED) is 0.241. The highest BCUT2D eigenvalue weighted by atomic mass is 19.3. The van der Waals surface area contributed by atoms with Crippen LogP contribution in [-0.2, 0) is 13.0 Å². The van der Waals surface area contributed by atoms with E-state index in [2.05, 4.69) is 36.1 Å². The second kappa shape index (κ2) is 13.0. The van der Waals surface area contributed by atoms with Crippen molar-refractivity contribution >= 4 is 5.57 Å². The Labute approximate surface area is 241 Å². The van der Waals surface area contributed by atoms with E-state index in [4.69, 9.17) is 0 Å². The average Bonchev–Trinajstić information content (AvgIpc) is 3.29. The van der Waals surface area contributed by atoms with Gasteiger partial charge in [0.05, 0.1) is 6.54 Å². The molecule has 1 aliphatic rings. The largest absolute Gasteiger partial charge is 0.356 e. The van der Waals surface area contributed by atoms with Crippen LogP contribution in [0.1, 0.15) is 35.6 Å². The summed E-state index contributed by atoms with van der Waals surface area (Å²) in [5, 5.41) is 3.32. The molecule has 0 radical (unpaired) electrons. The molecule has 2 aromatic carbocycles. The van der Waals surface area contributed by atoms with Crippen molar-refractivity contribution in [1.82, 2.24) is 15.2 Å². The van der Waals surface area contributed by atoms with Crippen LogP contribution in [0.2, 0.25) is 0 Å². The van der Waals surface area contributed by atoms with Gasteiger partial charge in [0.15, 0.2) is 0 Å². The van der Waals surface area contributed by atoms with Crippen LogP contribution in [0, 0.1) is 12.7 Å². The van der Waals surface area contributed by atoms with Crippen molar-refractivity contribution in [2.45, 2.75) is 39.2 Å². The monoisotopic (exact) mass is 555 g/mol. The zero-order valence-electron chi connectivity index (χ0n) is 23.7. The van der Waals surface area contributed by atoms with E-state index in [0.29, 0.717) is 30.8 Å². The van der Waals surface area contributed by atoms with Crippen LogP contribution < -0.4 is 5.32 Å². The zero-order chi connectivity index (χ0) is 29.6. The summed E-state index contributed by atoms with van der Waals surface area (Å²) in [4.78, 5) is 6.14. The number of aryl methyl sites for hydroxylation is 1. The van der Waals surface area contributed by atoms with E-state index in [1.165, 1.54) is 6.07 Å². The molecule has 0 spiro atoms. The number of nitrogens with one attached hydrogen (secondary N) is 1. The number of nitrogens with zero attached hydrogens (tertiary/aromatic N) is 2. The van der Waals surface area contributed by atoms with Gasteiger partial charge in [0.1, 0.15) is 5.82 Å². The van der Waals surface area contributed by atoms with Crippen molar-refractivity contribution in [1.29, 1.82) is 0 Å². The highest BCUT2D eigenvalue weighted by Gasteiger charge is 2.37. The molecule has 6 heteroatoms. The van der Waals surface area contributed by atoms with Crippen molar-refractivity contribution in [2.75, 3.05) is 13.1 Å². The Hall–Kier alpha value is -4.16. The summed E-state index contributed by atoms with van der Waals surface area (Å²) in [6, 6.07) is 14.8.